The number of methoxy groups -OCH3 is 3. The summed E-state index contributed by atoms with van der Waals surface area (Å²) in [7, 11) is 4.49. The highest BCUT2D eigenvalue weighted by Gasteiger charge is 2.42. The van der Waals surface area contributed by atoms with E-state index >= 15 is 0 Å². The number of Topliss-reactive ketones (excluding diaryl/α,β-unsaturated/α-hetero) is 1. The van der Waals surface area contributed by atoms with E-state index in [-0.39, 0.29) is 28.8 Å². The second-order valence-electron chi connectivity index (χ2n) is 8.93. The van der Waals surface area contributed by atoms with Gasteiger partial charge in [-0.25, -0.2) is 0 Å². The van der Waals surface area contributed by atoms with Crippen molar-refractivity contribution in [1.82, 2.24) is 10.2 Å². The number of carbonyl (C=O) groups is 2. The van der Waals surface area contributed by atoms with Gasteiger partial charge >= 0.3 is 0 Å². The quantitative estimate of drug-likeness (QED) is 0.340. The lowest BCUT2D eigenvalue weighted by Gasteiger charge is -2.37. The normalized spacial score (nSPS) is 16.8. The Balaban J connectivity index is 1.36. The predicted molar refractivity (Wildman–Crippen MR) is 152 cm³/mol. The van der Waals surface area contributed by atoms with Crippen molar-refractivity contribution in [2.45, 2.75) is 29.5 Å². The standard InChI is InChI=1S/C27H26N6O6S2/c1-36-19-10-14(11-20(37-2)24(19)38-3)30-21(35)13-40-27-32-31-26(41-27)33-16-6-4-7-17(34)23(16)22(15(12-28)25(33)29)18-8-5-9-39-18/h5,8-11,22H,4,6-7,13,29H2,1-3H3,(H,30,35). The van der Waals surface area contributed by atoms with Crippen LogP contribution < -0.4 is 30.2 Å². The molecule has 1 atom stereocenters. The SMILES string of the molecule is COc1cc(NC(=O)CSc2nnc(N3C(N)=C(C#N)C(c4ccco4)C4=C3CCCC4=O)s2)cc(OC)c1OC. The van der Waals surface area contributed by atoms with E-state index in [9.17, 15) is 14.9 Å². The maximum Gasteiger partial charge on any atom is 0.234 e. The number of nitrogens with one attached hydrogen (secondary N) is 1. The lowest BCUT2D eigenvalue weighted by atomic mass is 9.78. The summed E-state index contributed by atoms with van der Waals surface area (Å²) in [5, 5.41) is 21.8. The first-order chi connectivity index (χ1) is 19.9. The van der Waals surface area contributed by atoms with Crippen molar-refractivity contribution in [1.29, 1.82) is 5.26 Å². The Morgan fingerprint density at radius 3 is 2.63 bits per heavy atom. The van der Waals surface area contributed by atoms with Gasteiger partial charge in [-0.3, -0.25) is 14.5 Å². The van der Waals surface area contributed by atoms with Crippen LogP contribution in [-0.2, 0) is 9.59 Å². The van der Waals surface area contributed by atoms with Gasteiger partial charge in [-0.05, 0) is 25.0 Å². The highest BCUT2D eigenvalue weighted by molar-refractivity contribution is 8.01. The van der Waals surface area contributed by atoms with Gasteiger partial charge in [-0.2, -0.15) is 5.26 Å². The Labute approximate surface area is 243 Å². The Bertz CT molecular complexity index is 1560. The first-order valence-corrected chi connectivity index (χ1v) is 14.3. The first kappa shape index (κ1) is 28.1. The summed E-state index contributed by atoms with van der Waals surface area (Å²) in [5.41, 5.74) is 8.40. The van der Waals surface area contributed by atoms with Crippen LogP contribution in [0.3, 0.4) is 0 Å². The lowest BCUT2D eigenvalue weighted by Crippen LogP contribution is -2.38. The van der Waals surface area contributed by atoms with Crippen molar-refractivity contribution in [2.24, 2.45) is 5.73 Å². The number of nitrogens with two attached hydrogens (primary N) is 1. The van der Waals surface area contributed by atoms with E-state index in [2.05, 4.69) is 21.6 Å². The third kappa shape index (κ3) is 5.33. The number of benzene rings is 1. The number of allylic oxidation sites excluding steroid dienone is 3. The average molecular weight is 595 g/mol. The van der Waals surface area contributed by atoms with E-state index in [0.29, 0.717) is 68.7 Å². The molecule has 1 amide bonds. The van der Waals surface area contributed by atoms with Crippen LogP contribution >= 0.6 is 23.1 Å². The molecule has 41 heavy (non-hydrogen) atoms. The molecule has 14 heteroatoms. The Kier molecular flexibility index (Phi) is 8.18. The molecule has 0 spiro atoms. The fourth-order valence-electron chi connectivity index (χ4n) is 4.87. The van der Waals surface area contributed by atoms with E-state index in [1.165, 1.54) is 50.7 Å². The second-order valence-corrected chi connectivity index (χ2v) is 11.1. The van der Waals surface area contributed by atoms with Crippen LogP contribution in [0.2, 0.25) is 0 Å². The summed E-state index contributed by atoms with van der Waals surface area (Å²) >= 11 is 2.41. The predicted octanol–water partition coefficient (Wildman–Crippen LogP) is 4.19. The number of ketones is 1. The van der Waals surface area contributed by atoms with Crippen LogP contribution in [0.5, 0.6) is 17.2 Å². The van der Waals surface area contributed by atoms with Crippen LogP contribution in [0.1, 0.15) is 30.9 Å². The minimum atomic E-state index is -0.672. The van der Waals surface area contributed by atoms with Crippen molar-refractivity contribution in [3.8, 4) is 23.3 Å². The molecular weight excluding hydrogens is 568 g/mol. The number of ether oxygens (including phenoxy) is 3. The summed E-state index contributed by atoms with van der Waals surface area (Å²) in [5.74, 6) is 0.946. The summed E-state index contributed by atoms with van der Waals surface area (Å²) < 4.78 is 22.1. The molecule has 0 saturated heterocycles. The van der Waals surface area contributed by atoms with Gasteiger partial charge in [0.1, 0.15) is 11.6 Å². The third-order valence-corrected chi connectivity index (χ3v) is 8.65. The Morgan fingerprint density at radius 1 is 1.24 bits per heavy atom. The smallest absolute Gasteiger partial charge is 0.234 e. The molecule has 0 bridgehead atoms. The highest BCUT2D eigenvalue weighted by Crippen LogP contribution is 2.47. The van der Waals surface area contributed by atoms with Gasteiger partial charge in [-0.15, -0.1) is 10.2 Å². The van der Waals surface area contributed by atoms with Crippen LogP contribution in [0.25, 0.3) is 0 Å². The van der Waals surface area contributed by atoms with Gasteiger partial charge in [0.2, 0.25) is 16.8 Å². The number of hydrogen-bond donors (Lipinski definition) is 2. The molecule has 1 aromatic carbocycles. The molecular formula is C27H26N6O6S2. The maximum atomic E-state index is 13.1. The number of nitriles is 1. The molecule has 3 aromatic rings. The third-order valence-electron chi connectivity index (χ3n) is 6.60. The summed E-state index contributed by atoms with van der Waals surface area (Å²) in [4.78, 5) is 27.5. The van der Waals surface area contributed by atoms with E-state index in [1.807, 2.05) is 0 Å². The van der Waals surface area contributed by atoms with Gasteiger partial charge in [0.25, 0.3) is 0 Å². The molecule has 1 unspecified atom stereocenters. The molecule has 212 valence electrons. The van der Waals surface area contributed by atoms with Gasteiger partial charge in [0, 0.05) is 35.5 Å². The molecule has 0 saturated carbocycles. The van der Waals surface area contributed by atoms with Crippen LogP contribution in [-0.4, -0.2) is 49.0 Å². The molecule has 1 aliphatic carbocycles. The Morgan fingerprint density at radius 2 is 2.00 bits per heavy atom. The van der Waals surface area contributed by atoms with Gasteiger partial charge in [0.05, 0.1) is 50.9 Å². The summed E-state index contributed by atoms with van der Waals surface area (Å²) in [6, 6.07) is 8.90. The molecule has 5 rings (SSSR count). The van der Waals surface area contributed by atoms with Crippen molar-refractivity contribution >= 4 is 45.6 Å². The monoisotopic (exact) mass is 594 g/mol. The fourth-order valence-corrected chi connectivity index (χ4v) is 6.55. The number of furan rings is 1. The van der Waals surface area contributed by atoms with E-state index in [0.717, 1.165) is 0 Å². The largest absolute Gasteiger partial charge is 0.493 e. The minimum absolute atomic E-state index is 0.0487. The highest BCUT2D eigenvalue weighted by atomic mass is 32.2. The van der Waals surface area contributed by atoms with E-state index in [4.69, 9.17) is 24.4 Å². The number of aromatic nitrogens is 2. The minimum Gasteiger partial charge on any atom is -0.493 e. The topological polar surface area (TPSA) is 166 Å². The molecule has 3 N–H and O–H groups in total. The van der Waals surface area contributed by atoms with Crippen molar-refractivity contribution < 1.29 is 28.2 Å². The lowest BCUT2D eigenvalue weighted by molar-refractivity contribution is -0.116. The van der Waals surface area contributed by atoms with E-state index < -0.39 is 5.92 Å². The number of amides is 1. The fraction of sp³-hybridized carbons (Fsp3) is 0.296. The molecule has 2 aliphatic rings. The van der Waals surface area contributed by atoms with Crippen LogP contribution in [0, 0.1) is 11.3 Å². The van der Waals surface area contributed by atoms with E-state index in [1.54, 1.807) is 29.2 Å². The molecule has 1 aliphatic heterocycles. The number of carbonyl (C=O) groups excluding carboxylic acids is 2. The number of rotatable bonds is 9. The number of nitrogens with zero attached hydrogens (tertiary/aromatic N) is 4. The van der Waals surface area contributed by atoms with Crippen molar-refractivity contribution in [3.63, 3.8) is 0 Å². The molecule has 12 nitrogen and oxygen atoms in total. The number of thioether (sulfide) groups is 1. The zero-order valence-electron chi connectivity index (χ0n) is 22.4. The van der Waals surface area contributed by atoms with Gasteiger partial charge < -0.3 is 29.7 Å². The average Bonchev–Trinajstić information content (AvgIpc) is 3.68. The molecule has 3 heterocycles. The molecule has 2 aromatic heterocycles. The summed E-state index contributed by atoms with van der Waals surface area (Å²) in [6.07, 6.45) is 3.11. The zero-order chi connectivity index (χ0) is 29.1. The summed E-state index contributed by atoms with van der Waals surface area (Å²) in [6.45, 7) is 0. The van der Waals surface area contributed by atoms with Crippen molar-refractivity contribution in [3.05, 3.63) is 59.0 Å². The zero-order valence-corrected chi connectivity index (χ0v) is 24.1. The molecule has 0 fully saturated rings. The van der Waals surface area contributed by atoms with Crippen LogP contribution in [0.15, 0.2) is 61.9 Å². The number of hydrogen-bond acceptors (Lipinski definition) is 13. The maximum absolute atomic E-state index is 13.1. The Hall–Kier alpha value is -4.48. The molecule has 0 radical (unpaired) electrons. The van der Waals surface area contributed by atoms with Crippen LogP contribution in [0.4, 0.5) is 10.8 Å². The first-order valence-electron chi connectivity index (χ1n) is 12.5. The van der Waals surface area contributed by atoms with Gasteiger partial charge in [-0.1, -0.05) is 23.1 Å². The van der Waals surface area contributed by atoms with Gasteiger partial charge in [0.15, 0.2) is 21.6 Å². The van der Waals surface area contributed by atoms with Crippen molar-refractivity contribution in [2.75, 3.05) is 37.3 Å². The second kappa shape index (κ2) is 11.9. The number of anilines is 2.